The number of hydrogen-bond donors (Lipinski definition) is 3. The molecule has 0 aliphatic heterocycles. The van der Waals surface area contributed by atoms with Crippen molar-refractivity contribution in [3.63, 3.8) is 0 Å². The van der Waals surface area contributed by atoms with Gasteiger partial charge < -0.3 is 0 Å². The van der Waals surface area contributed by atoms with Crippen LogP contribution in [0.5, 0.6) is 0 Å². The summed E-state index contributed by atoms with van der Waals surface area (Å²) in [4.78, 5) is 0. The van der Waals surface area contributed by atoms with Crippen molar-refractivity contribution in [3.05, 3.63) is 36.5 Å². The average molecular weight is 239 g/mol. The van der Waals surface area contributed by atoms with E-state index in [0.717, 1.165) is 11.3 Å². The van der Waals surface area contributed by atoms with E-state index in [-0.39, 0.29) is 5.69 Å². The molecule has 1 aromatic carbocycles. The second kappa shape index (κ2) is 3.95. The van der Waals surface area contributed by atoms with Gasteiger partial charge in [-0.2, -0.15) is 13.5 Å². The third-order valence-electron chi connectivity index (χ3n) is 1.92. The van der Waals surface area contributed by atoms with Gasteiger partial charge in [-0.3, -0.25) is 14.4 Å². The first kappa shape index (κ1) is 10.7. The monoisotopic (exact) mass is 239 g/mol. The fourth-order valence-corrected chi connectivity index (χ4v) is 1.74. The normalized spacial score (nSPS) is 11.3. The van der Waals surface area contributed by atoms with Crippen molar-refractivity contribution in [3.8, 4) is 11.3 Å². The van der Waals surface area contributed by atoms with Gasteiger partial charge >= 0.3 is 10.3 Å². The van der Waals surface area contributed by atoms with E-state index in [4.69, 9.17) is 4.55 Å². The Bertz CT molecular complexity index is 578. The van der Waals surface area contributed by atoms with E-state index in [1.807, 2.05) is 4.72 Å². The highest BCUT2D eigenvalue weighted by Gasteiger charge is 2.05. The lowest BCUT2D eigenvalue weighted by Crippen LogP contribution is -2.10. The summed E-state index contributed by atoms with van der Waals surface area (Å²) >= 11 is 0. The molecule has 0 saturated heterocycles. The van der Waals surface area contributed by atoms with Gasteiger partial charge in [0.15, 0.2) is 0 Å². The standard InChI is InChI=1S/C9H9N3O3S/c13-16(14,15)12-8-3-1-2-7(6-8)9-4-5-10-11-9/h1-6,12H,(H,10,11)(H,13,14,15). The molecule has 16 heavy (non-hydrogen) atoms. The molecule has 0 atom stereocenters. The Kier molecular flexibility index (Phi) is 2.63. The van der Waals surface area contributed by atoms with Crippen LogP contribution in [0.3, 0.4) is 0 Å². The van der Waals surface area contributed by atoms with E-state index in [1.54, 1.807) is 30.5 Å². The van der Waals surface area contributed by atoms with Crippen LogP contribution >= 0.6 is 0 Å². The van der Waals surface area contributed by atoms with Crippen molar-refractivity contribution in [1.82, 2.24) is 10.2 Å². The molecule has 0 saturated carbocycles. The summed E-state index contributed by atoms with van der Waals surface area (Å²) in [6.45, 7) is 0. The van der Waals surface area contributed by atoms with Crippen molar-refractivity contribution in [2.24, 2.45) is 0 Å². The maximum atomic E-state index is 10.6. The van der Waals surface area contributed by atoms with Gasteiger partial charge in [-0.1, -0.05) is 12.1 Å². The predicted molar refractivity (Wildman–Crippen MR) is 59.2 cm³/mol. The number of nitrogens with zero attached hydrogens (tertiary/aromatic N) is 1. The van der Waals surface area contributed by atoms with Crippen LogP contribution in [0.1, 0.15) is 0 Å². The fourth-order valence-electron chi connectivity index (χ4n) is 1.32. The second-order valence-corrected chi connectivity index (χ2v) is 4.28. The zero-order chi connectivity index (χ0) is 11.6. The van der Waals surface area contributed by atoms with E-state index >= 15 is 0 Å². The number of anilines is 1. The van der Waals surface area contributed by atoms with E-state index in [9.17, 15) is 8.42 Å². The molecule has 3 N–H and O–H groups in total. The van der Waals surface area contributed by atoms with Crippen molar-refractivity contribution < 1.29 is 13.0 Å². The van der Waals surface area contributed by atoms with Crippen LogP contribution in [0.2, 0.25) is 0 Å². The van der Waals surface area contributed by atoms with Crippen LogP contribution < -0.4 is 4.72 Å². The lowest BCUT2D eigenvalue weighted by molar-refractivity contribution is 0.490. The van der Waals surface area contributed by atoms with Crippen LogP contribution in [0.25, 0.3) is 11.3 Å². The molecule has 1 heterocycles. The molecule has 7 heteroatoms. The Hall–Kier alpha value is -1.86. The van der Waals surface area contributed by atoms with Crippen molar-refractivity contribution >= 4 is 16.0 Å². The van der Waals surface area contributed by atoms with E-state index < -0.39 is 10.3 Å². The first-order valence-electron chi connectivity index (χ1n) is 4.40. The Morgan fingerprint density at radius 2 is 2.12 bits per heavy atom. The zero-order valence-corrected chi connectivity index (χ0v) is 8.90. The number of hydrogen-bond acceptors (Lipinski definition) is 3. The molecule has 84 valence electrons. The maximum Gasteiger partial charge on any atom is 0.357 e. The lowest BCUT2D eigenvalue weighted by Gasteiger charge is -2.04. The molecule has 0 spiro atoms. The summed E-state index contributed by atoms with van der Waals surface area (Å²) in [5.74, 6) is 0. The lowest BCUT2D eigenvalue weighted by atomic mass is 10.1. The molecule has 0 aliphatic carbocycles. The molecule has 2 aromatic rings. The molecule has 0 fully saturated rings. The molecule has 0 aliphatic rings. The highest BCUT2D eigenvalue weighted by molar-refractivity contribution is 7.87. The molecule has 0 unspecified atom stereocenters. The molecule has 6 nitrogen and oxygen atoms in total. The molecule has 1 aromatic heterocycles. The van der Waals surface area contributed by atoms with Gasteiger partial charge in [0, 0.05) is 11.8 Å². The number of aromatic amines is 1. The maximum absolute atomic E-state index is 10.6. The quantitative estimate of drug-likeness (QED) is 0.703. The van der Waals surface area contributed by atoms with Gasteiger partial charge in [0.2, 0.25) is 0 Å². The minimum atomic E-state index is -4.24. The highest BCUT2D eigenvalue weighted by Crippen LogP contribution is 2.20. The summed E-state index contributed by atoms with van der Waals surface area (Å²) in [5, 5.41) is 6.54. The molecule has 0 radical (unpaired) electrons. The fraction of sp³-hybridized carbons (Fsp3) is 0. The smallest absolute Gasteiger partial charge is 0.278 e. The van der Waals surface area contributed by atoms with Gasteiger partial charge in [0.05, 0.1) is 11.4 Å². The van der Waals surface area contributed by atoms with Gasteiger partial charge in [-0.25, -0.2) is 0 Å². The van der Waals surface area contributed by atoms with Crippen LogP contribution in [0, 0.1) is 0 Å². The molecule has 0 bridgehead atoms. The topological polar surface area (TPSA) is 95.1 Å². The third kappa shape index (κ3) is 2.59. The molecular weight excluding hydrogens is 230 g/mol. The first-order chi connectivity index (χ1) is 7.54. The zero-order valence-electron chi connectivity index (χ0n) is 8.08. The van der Waals surface area contributed by atoms with Gasteiger partial charge in [-0.05, 0) is 18.2 Å². The van der Waals surface area contributed by atoms with Crippen molar-refractivity contribution in [2.45, 2.75) is 0 Å². The molecule has 2 rings (SSSR count). The largest absolute Gasteiger partial charge is 0.357 e. The summed E-state index contributed by atoms with van der Waals surface area (Å²) in [6.07, 6.45) is 1.60. The average Bonchev–Trinajstić information content (AvgIpc) is 2.68. The summed E-state index contributed by atoms with van der Waals surface area (Å²) < 4.78 is 31.9. The molecular formula is C9H9N3O3S. The van der Waals surface area contributed by atoms with Gasteiger partial charge in [0.1, 0.15) is 0 Å². The van der Waals surface area contributed by atoms with E-state index in [1.165, 1.54) is 6.07 Å². The van der Waals surface area contributed by atoms with Gasteiger partial charge in [-0.15, -0.1) is 0 Å². The number of rotatable bonds is 3. The number of aromatic nitrogens is 2. The van der Waals surface area contributed by atoms with Crippen LogP contribution in [0.4, 0.5) is 5.69 Å². The third-order valence-corrected chi connectivity index (χ3v) is 2.41. The van der Waals surface area contributed by atoms with E-state index in [2.05, 4.69) is 10.2 Å². The number of benzene rings is 1. The second-order valence-electron chi connectivity index (χ2n) is 3.13. The summed E-state index contributed by atoms with van der Waals surface area (Å²) in [6, 6.07) is 8.34. The van der Waals surface area contributed by atoms with Crippen molar-refractivity contribution in [2.75, 3.05) is 4.72 Å². The number of H-pyrrole nitrogens is 1. The summed E-state index contributed by atoms with van der Waals surface area (Å²) in [7, 11) is -4.24. The van der Waals surface area contributed by atoms with Crippen molar-refractivity contribution in [1.29, 1.82) is 0 Å². The summed E-state index contributed by atoms with van der Waals surface area (Å²) in [5.41, 5.74) is 1.82. The Morgan fingerprint density at radius 3 is 2.75 bits per heavy atom. The SMILES string of the molecule is O=S(=O)(O)Nc1cccc(-c2ccn[nH]2)c1. The Morgan fingerprint density at radius 1 is 1.31 bits per heavy atom. The highest BCUT2D eigenvalue weighted by atomic mass is 32.2. The number of nitrogens with one attached hydrogen (secondary N) is 2. The predicted octanol–water partition coefficient (Wildman–Crippen LogP) is 1.29. The van der Waals surface area contributed by atoms with E-state index in [0.29, 0.717) is 0 Å². The van der Waals surface area contributed by atoms with Gasteiger partial charge in [0.25, 0.3) is 0 Å². The minimum absolute atomic E-state index is 0.287. The van der Waals surface area contributed by atoms with Crippen LogP contribution in [-0.2, 0) is 10.3 Å². The minimum Gasteiger partial charge on any atom is -0.278 e. The van der Waals surface area contributed by atoms with Crippen LogP contribution in [0.15, 0.2) is 36.5 Å². The Balaban J connectivity index is 2.34. The Labute approximate surface area is 92.2 Å². The molecule has 0 amide bonds. The first-order valence-corrected chi connectivity index (χ1v) is 5.84. The van der Waals surface area contributed by atoms with Crippen LogP contribution in [-0.4, -0.2) is 23.2 Å².